The third-order valence-corrected chi connectivity index (χ3v) is 10.2. The van der Waals surface area contributed by atoms with Gasteiger partial charge in [0.2, 0.25) is 0 Å². The maximum Gasteiger partial charge on any atom is 0.334 e. The Hall–Kier alpha value is -1.03. The Balaban J connectivity index is 1.15. The van der Waals surface area contributed by atoms with Crippen LogP contribution in [0.1, 0.15) is 162 Å². The molecule has 0 saturated carbocycles. The summed E-state index contributed by atoms with van der Waals surface area (Å²) < 4.78 is 17.6. The Morgan fingerprint density at radius 2 is 1.09 bits per heavy atom. The summed E-state index contributed by atoms with van der Waals surface area (Å²) >= 11 is 0. The Bertz CT molecular complexity index is 833. The molecule has 0 spiro atoms. The van der Waals surface area contributed by atoms with E-state index in [0.717, 1.165) is 83.5 Å². The van der Waals surface area contributed by atoms with Gasteiger partial charge in [0.15, 0.2) is 0 Å². The van der Waals surface area contributed by atoms with Gasteiger partial charge in [-0.25, -0.2) is 4.79 Å². The van der Waals surface area contributed by atoms with Crippen LogP contribution in [0.25, 0.3) is 0 Å². The van der Waals surface area contributed by atoms with Crippen LogP contribution in [0.4, 0.5) is 0 Å². The average molecular weight is 639 g/mol. The second kappa shape index (κ2) is 21.8. The maximum absolute atomic E-state index is 11.7. The molecule has 2 fully saturated rings. The predicted molar refractivity (Wildman–Crippen MR) is 177 cm³/mol. The molecular formula is C37H66O8. The number of hydrogen-bond acceptors (Lipinski definition) is 8. The van der Waals surface area contributed by atoms with E-state index in [9.17, 15) is 25.2 Å². The lowest BCUT2D eigenvalue weighted by Crippen LogP contribution is -2.33. The Morgan fingerprint density at radius 1 is 0.644 bits per heavy atom. The number of aliphatic hydroxyl groups is 4. The molecule has 3 aliphatic heterocycles. The number of ether oxygens (including phenoxy) is 3. The predicted octanol–water partition coefficient (Wildman–Crippen LogP) is 6.83. The van der Waals surface area contributed by atoms with Crippen LogP contribution in [0.2, 0.25) is 0 Å². The van der Waals surface area contributed by atoms with Crippen LogP contribution < -0.4 is 0 Å². The molecule has 0 aromatic rings. The third-order valence-electron chi connectivity index (χ3n) is 10.2. The van der Waals surface area contributed by atoms with Gasteiger partial charge in [-0.2, -0.15) is 0 Å². The number of cyclic esters (lactones) is 1. The molecule has 0 bridgehead atoms. The van der Waals surface area contributed by atoms with Crippen LogP contribution in [-0.4, -0.2) is 81.3 Å². The van der Waals surface area contributed by atoms with Crippen LogP contribution in [0.5, 0.6) is 0 Å². The maximum atomic E-state index is 11.7. The van der Waals surface area contributed by atoms with Gasteiger partial charge < -0.3 is 34.6 Å². The van der Waals surface area contributed by atoms with Gasteiger partial charge in [0, 0.05) is 5.57 Å². The van der Waals surface area contributed by atoms with Crippen molar-refractivity contribution < 1.29 is 39.4 Å². The normalized spacial score (nSPS) is 27.8. The molecule has 8 nitrogen and oxygen atoms in total. The molecule has 0 aliphatic carbocycles. The van der Waals surface area contributed by atoms with Gasteiger partial charge in [-0.1, -0.05) is 96.8 Å². The van der Waals surface area contributed by atoms with E-state index in [2.05, 4.69) is 6.92 Å². The van der Waals surface area contributed by atoms with E-state index >= 15 is 0 Å². The number of unbranched alkanes of at least 4 members (excludes halogenated alkanes) is 12. The minimum Gasteiger partial charge on any atom is -0.455 e. The van der Waals surface area contributed by atoms with Crippen molar-refractivity contribution in [3.63, 3.8) is 0 Å². The van der Waals surface area contributed by atoms with E-state index in [1.807, 2.05) is 6.92 Å². The Labute approximate surface area is 273 Å². The van der Waals surface area contributed by atoms with Gasteiger partial charge in [-0.05, 0) is 70.8 Å². The second-order valence-corrected chi connectivity index (χ2v) is 14.2. The van der Waals surface area contributed by atoms with E-state index in [0.29, 0.717) is 24.8 Å². The average Bonchev–Trinajstić information content (AvgIpc) is 3.78. The van der Waals surface area contributed by atoms with Crippen molar-refractivity contribution in [1.82, 2.24) is 0 Å². The fourth-order valence-electron chi connectivity index (χ4n) is 7.27. The molecule has 0 aromatic carbocycles. The van der Waals surface area contributed by atoms with Crippen LogP contribution in [0.3, 0.4) is 0 Å². The smallest absolute Gasteiger partial charge is 0.334 e. The molecule has 8 heteroatoms. The van der Waals surface area contributed by atoms with E-state index < -0.39 is 18.3 Å². The molecule has 3 rings (SSSR count). The van der Waals surface area contributed by atoms with Crippen LogP contribution in [0, 0.1) is 0 Å². The summed E-state index contributed by atoms with van der Waals surface area (Å²) in [6.45, 7) is 4.06. The van der Waals surface area contributed by atoms with Gasteiger partial charge >= 0.3 is 5.97 Å². The van der Waals surface area contributed by atoms with Gasteiger partial charge in [0.05, 0.1) is 48.8 Å². The molecule has 0 amide bonds. The van der Waals surface area contributed by atoms with Gasteiger partial charge in [-0.15, -0.1) is 0 Å². The van der Waals surface area contributed by atoms with E-state index in [1.54, 1.807) is 6.08 Å². The molecule has 3 heterocycles. The van der Waals surface area contributed by atoms with Crippen molar-refractivity contribution in [2.24, 2.45) is 0 Å². The summed E-state index contributed by atoms with van der Waals surface area (Å²) in [5.41, 5.74) is 0.592. The lowest BCUT2D eigenvalue weighted by molar-refractivity contribution is -0.139. The summed E-state index contributed by atoms with van der Waals surface area (Å²) in [6.07, 6.45) is 21.8. The van der Waals surface area contributed by atoms with Gasteiger partial charge in [0.25, 0.3) is 0 Å². The molecule has 9 atom stereocenters. The number of hydrogen-bond donors (Lipinski definition) is 4. The fraction of sp³-hybridized carbons (Fsp3) is 0.919. The molecule has 0 aromatic heterocycles. The van der Waals surface area contributed by atoms with Crippen LogP contribution in [-0.2, 0) is 19.0 Å². The third kappa shape index (κ3) is 14.3. The van der Waals surface area contributed by atoms with Crippen molar-refractivity contribution in [3.8, 4) is 0 Å². The monoisotopic (exact) mass is 638 g/mol. The fourth-order valence-corrected chi connectivity index (χ4v) is 7.27. The van der Waals surface area contributed by atoms with E-state index in [1.165, 1.54) is 44.9 Å². The highest BCUT2D eigenvalue weighted by atomic mass is 16.6. The molecule has 2 saturated heterocycles. The van der Waals surface area contributed by atoms with Gasteiger partial charge in [-0.3, -0.25) is 0 Å². The number of carbonyl (C=O) groups is 1. The first-order valence-corrected chi connectivity index (χ1v) is 18.7. The quantitative estimate of drug-likeness (QED) is 0.0634. The second-order valence-electron chi connectivity index (χ2n) is 14.2. The van der Waals surface area contributed by atoms with E-state index in [-0.39, 0.29) is 42.6 Å². The van der Waals surface area contributed by atoms with Crippen molar-refractivity contribution in [1.29, 1.82) is 0 Å². The highest BCUT2D eigenvalue weighted by Gasteiger charge is 2.40. The first-order valence-electron chi connectivity index (χ1n) is 18.7. The van der Waals surface area contributed by atoms with Crippen molar-refractivity contribution in [3.05, 3.63) is 11.6 Å². The first-order chi connectivity index (χ1) is 21.8. The van der Waals surface area contributed by atoms with E-state index in [4.69, 9.17) is 14.2 Å². The zero-order valence-corrected chi connectivity index (χ0v) is 28.5. The highest BCUT2D eigenvalue weighted by Crippen LogP contribution is 2.34. The summed E-state index contributed by atoms with van der Waals surface area (Å²) in [5.74, 6) is -0.315. The van der Waals surface area contributed by atoms with Crippen LogP contribution >= 0.6 is 0 Å². The standard InChI is InChI=1S/C37H66O8/c1-3-4-5-6-7-8-12-15-18-31(40)33-22-24-35(44-33)36-25-23-34(45-36)32(41)19-16-13-10-9-11-14-17-29(38)30(39)21-20-28-26-27(2)43-37(28)42/h26-27,29-36,38-41H,3-25H2,1-2H3. The minimum absolute atomic E-state index is 0.0267. The molecule has 3 aliphatic rings. The zero-order valence-electron chi connectivity index (χ0n) is 28.5. The largest absolute Gasteiger partial charge is 0.455 e. The van der Waals surface area contributed by atoms with Crippen LogP contribution in [0.15, 0.2) is 11.6 Å². The number of carbonyl (C=O) groups excluding carboxylic acids is 1. The summed E-state index contributed by atoms with van der Waals surface area (Å²) in [5, 5.41) is 42.0. The number of rotatable bonds is 25. The lowest BCUT2D eigenvalue weighted by atomic mass is 9.98. The molecule has 45 heavy (non-hydrogen) atoms. The van der Waals surface area contributed by atoms with Crippen molar-refractivity contribution in [2.75, 3.05) is 0 Å². The lowest BCUT2D eigenvalue weighted by Gasteiger charge is -2.24. The highest BCUT2D eigenvalue weighted by molar-refractivity contribution is 5.90. The first kappa shape index (κ1) is 38.4. The summed E-state index contributed by atoms with van der Waals surface area (Å²) in [6, 6.07) is 0. The Kier molecular flexibility index (Phi) is 18.6. The van der Waals surface area contributed by atoms with Gasteiger partial charge in [0.1, 0.15) is 6.10 Å². The topological polar surface area (TPSA) is 126 Å². The molecular weight excluding hydrogens is 572 g/mol. The van der Waals surface area contributed by atoms with Crippen molar-refractivity contribution >= 4 is 5.97 Å². The number of esters is 1. The minimum atomic E-state index is -0.828. The number of aliphatic hydroxyl groups excluding tert-OH is 4. The zero-order chi connectivity index (χ0) is 32.4. The summed E-state index contributed by atoms with van der Waals surface area (Å²) in [4.78, 5) is 11.7. The molecule has 4 N–H and O–H groups in total. The molecule has 262 valence electrons. The van der Waals surface area contributed by atoms with Crippen molar-refractivity contribution in [2.45, 2.75) is 216 Å². The summed E-state index contributed by atoms with van der Waals surface area (Å²) in [7, 11) is 0. The molecule has 0 radical (unpaired) electrons. The Morgan fingerprint density at radius 3 is 1.56 bits per heavy atom. The SMILES string of the molecule is CCCCCCCCCCC(O)C1CCC(C2CCC(C(O)CCCCCCCCC(O)C(O)CCC3=CC(C)OC3=O)O2)O1. The molecule has 9 unspecified atom stereocenters.